The third-order valence-electron chi connectivity index (χ3n) is 2.98. The first kappa shape index (κ1) is 14.3. The lowest BCUT2D eigenvalue weighted by Crippen LogP contribution is -2.09. The molecule has 0 spiro atoms. The van der Waals surface area contributed by atoms with E-state index in [1.54, 1.807) is 13.3 Å². The first-order valence-electron chi connectivity index (χ1n) is 6.67. The number of nitrogens with zero attached hydrogens (tertiary/aromatic N) is 1. The highest BCUT2D eigenvalue weighted by atomic mass is 16.5. The van der Waals surface area contributed by atoms with Crippen LogP contribution >= 0.6 is 0 Å². The van der Waals surface area contributed by atoms with Crippen molar-refractivity contribution in [1.82, 2.24) is 10.3 Å². The summed E-state index contributed by atoms with van der Waals surface area (Å²) in [7, 11) is 3.58. The van der Waals surface area contributed by atoms with Crippen molar-refractivity contribution in [3.05, 3.63) is 53.9 Å². The highest BCUT2D eigenvalue weighted by Gasteiger charge is 2.05. The molecule has 4 nitrogen and oxygen atoms in total. The van der Waals surface area contributed by atoms with Gasteiger partial charge in [0.05, 0.1) is 13.7 Å². The van der Waals surface area contributed by atoms with Gasteiger partial charge in [0.15, 0.2) is 0 Å². The van der Waals surface area contributed by atoms with Crippen LogP contribution in [-0.2, 0) is 13.0 Å². The molecule has 1 aromatic carbocycles. The SMILES string of the molecule is CNCc1cc(OC)ccc1OCCc1ccccn1. The molecule has 0 amide bonds. The fraction of sp³-hybridized carbons (Fsp3) is 0.312. The molecule has 2 rings (SSSR count). The number of hydrogen-bond donors (Lipinski definition) is 1. The monoisotopic (exact) mass is 272 g/mol. The quantitative estimate of drug-likeness (QED) is 0.840. The summed E-state index contributed by atoms with van der Waals surface area (Å²) in [6.07, 6.45) is 2.60. The molecule has 0 unspecified atom stereocenters. The van der Waals surface area contributed by atoms with Crippen LogP contribution in [0.25, 0.3) is 0 Å². The summed E-state index contributed by atoms with van der Waals surface area (Å²) >= 11 is 0. The number of rotatable bonds is 7. The van der Waals surface area contributed by atoms with Crippen molar-refractivity contribution in [1.29, 1.82) is 0 Å². The molecule has 0 radical (unpaired) electrons. The molecule has 2 aromatic rings. The van der Waals surface area contributed by atoms with E-state index >= 15 is 0 Å². The van der Waals surface area contributed by atoms with Crippen molar-refractivity contribution < 1.29 is 9.47 Å². The molecule has 0 atom stereocenters. The largest absolute Gasteiger partial charge is 0.497 e. The highest BCUT2D eigenvalue weighted by Crippen LogP contribution is 2.24. The van der Waals surface area contributed by atoms with E-state index in [0.717, 1.165) is 35.7 Å². The fourth-order valence-corrected chi connectivity index (χ4v) is 1.96. The molecule has 1 aromatic heterocycles. The van der Waals surface area contributed by atoms with Gasteiger partial charge < -0.3 is 14.8 Å². The second-order valence-electron chi connectivity index (χ2n) is 4.42. The van der Waals surface area contributed by atoms with Gasteiger partial charge in [-0.15, -0.1) is 0 Å². The normalized spacial score (nSPS) is 10.3. The molecule has 106 valence electrons. The molecule has 0 saturated carbocycles. The Bertz CT molecular complexity index is 529. The summed E-state index contributed by atoms with van der Waals surface area (Å²) in [4.78, 5) is 4.28. The van der Waals surface area contributed by atoms with Gasteiger partial charge in [-0.25, -0.2) is 0 Å². The van der Waals surface area contributed by atoms with Gasteiger partial charge in [-0.1, -0.05) is 6.07 Å². The third kappa shape index (κ3) is 3.96. The summed E-state index contributed by atoms with van der Waals surface area (Å²) in [6, 6.07) is 11.8. The van der Waals surface area contributed by atoms with Crippen LogP contribution in [-0.4, -0.2) is 25.7 Å². The van der Waals surface area contributed by atoms with E-state index < -0.39 is 0 Å². The van der Waals surface area contributed by atoms with Crippen LogP contribution < -0.4 is 14.8 Å². The molecule has 0 bridgehead atoms. The van der Waals surface area contributed by atoms with Gasteiger partial charge in [0.2, 0.25) is 0 Å². The summed E-state index contributed by atoms with van der Waals surface area (Å²) in [5.41, 5.74) is 2.13. The zero-order valence-electron chi connectivity index (χ0n) is 11.9. The Kier molecular flexibility index (Phi) is 5.38. The Morgan fingerprint density at radius 1 is 1.20 bits per heavy atom. The van der Waals surface area contributed by atoms with E-state index in [2.05, 4.69) is 10.3 Å². The number of nitrogens with one attached hydrogen (secondary N) is 1. The average Bonchev–Trinajstić information content (AvgIpc) is 2.50. The number of ether oxygens (including phenoxy) is 2. The van der Waals surface area contributed by atoms with Crippen LogP contribution in [0.5, 0.6) is 11.5 Å². The molecule has 1 heterocycles. The van der Waals surface area contributed by atoms with Crippen LogP contribution in [0, 0.1) is 0 Å². The number of benzene rings is 1. The van der Waals surface area contributed by atoms with Crippen molar-refractivity contribution >= 4 is 0 Å². The van der Waals surface area contributed by atoms with Crippen LogP contribution in [0.1, 0.15) is 11.3 Å². The molecular weight excluding hydrogens is 252 g/mol. The van der Waals surface area contributed by atoms with Crippen molar-refractivity contribution in [2.75, 3.05) is 20.8 Å². The summed E-state index contributed by atoms with van der Waals surface area (Å²) in [5, 5.41) is 3.14. The summed E-state index contributed by atoms with van der Waals surface area (Å²) in [6.45, 7) is 1.36. The number of hydrogen-bond acceptors (Lipinski definition) is 4. The van der Waals surface area contributed by atoms with E-state index in [9.17, 15) is 0 Å². The molecule has 0 fully saturated rings. The maximum Gasteiger partial charge on any atom is 0.124 e. The molecule has 0 aliphatic carbocycles. The number of aromatic nitrogens is 1. The number of pyridine rings is 1. The van der Waals surface area contributed by atoms with E-state index in [1.165, 1.54) is 0 Å². The van der Waals surface area contributed by atoms with Gasteiger partial charge in [-0.2, -0.15) is 0 Å². The minimum absolute atomic E-state index is 0.611. The van der Waals surface area contributed by atoms with Gasteiger partial charge in [-0.05, 0) is 37.4 Å². The first-order valence-corrected chi connectivity index (χ1v) is 6.67. The van der Waals surface area contributed by atoms with Gasteiger partial charge in [0, 0.05) is 30.4 Å². The summed E-state index contributed by atoms with van der Waals surface area (Å²) in [5.74, 6) is 1.73. The number of methoxy groups -OCH3 is 1. The molecule has 0 aliphatic heterocycles. The highest BCUT2D eigenvalue weighted by molar-refractivity contribution is 5.40. The van der Waals surface area contributed by atoms with E-state index in [4.69, 9.17) is 9.47 Å². The van der Waals surface area contributed by atoms with Crippen molar-refractivity contribution in [3.8, 4) is 11.5 Å². The van der Waals surface area contributed by atoms with Gasteiger partial charge in [0.25, 0.3) is 0 Å². The second-order valence-corrected chi connectivity index (χ2v) is 4.42. The Labute approximate surface area is 119 Å². The topological polar surface area (TPSA) is 43.4 Å². The Hall–Kier alpha value is -2.07. The Morgan fingerprint density at radius 3 is 2.80 bits per heavy atom. The molecule has 1 N–H and O–H groups in total. The second kappa shape index (κ2) is 7.50. The molecule has 0 saturated heterocycles. The fourth-order valence-electron chi connectivity index (χ4n) is 1.96. The van der Waals surface area contributed by atoms with Crippen molar-refractivity contribution in [2.45, 2.75) is 13.0 Å². The van der Waals surface area contributed by atoms with Crippen LogP contribution in [0.4, 0.5) is 0 Å². The van der Waals surface area contributed by atoms with Crippen LogP contribution in [0.3, 0.4) is 0 Å². The Morgan fingerprint density at radius 2 is 2.10 bits per heavy atom. The predicted molar refractivity (Wildman–Crippen MR) is 79.2 cm³/mol. The first-order chi connectivity index (χ1) is 9.83. The lowest BCUT2D eigenvalue weighted by atomic mass is 10.2. The van der Waals surface area contributed by atoms with Crippen molar-refractivity contribution in [3.63, 3.8) is 0 Å². The van der Waals surface area contributed by atoms with Crippen LogP contribution in [0.2, 0.25) is 0 Å². The zero-order chi connectivity index (χ0) is 14.2. The molecule has 0 aliphatic rings. The molecule has 4 heteroatoms. The summed E-state index contributed by atoms with van der Waals surface area (Å²) < 4.78 is 11.1. The zero-order valence-corrected chi connectivity index (χ0v) is 11.9. The molecular formula is C16H20N2O2. The van der Waals surface area contributed by atoms with Crippen molar-refractivity contribution in [2.24, 2.45) is 0 Å². The predicted octanol–water partition coefficient (Wildman–Crippen LogP) is 2.43. The molecule has 20 heavy (non-hydrogen) atoms. The Balaban J connectivity index is 1.98. The lowest BCUT2D eigenvalue weighted by molar-refractivity contribution is 0.315. The van der Waals surface area contributed by atoms with Gasteiger partial charge in [0.1, 0.15) is 11.5 Å². The van der Waals surface area contributed by atoms with E-state index in [1.807, 2.05) is 43.4 Å². The minimum atomic E-state index is 0.611. The van der Waals surface area contributed by atoms with Crippen LogP contribution in [0.15, 0.2) is 42.6 Å². The average molecular weight is 272 g/mol. The minimum Gasteiger partial charge on any atom is -0.497 e. The van der Waals surface area contributed by atoms with E-state index in [0.29, 0.717) is 6.61 Å². The smallest absolute Gasteiger partial charge is 0.124 e. The maximum absolute atomic E-state index is 5.86. The third-order valence-corrected chi connectivity index (χ3v) is 2.98. The van der Waals surface area contributed by atoms with Gasteiger partial charge in [-0.3, -0.25) is 4.98 Å². The van der Waals surface area contributed by atoms with E-state index in [-0.39, 0.29) is 0 Å². The van der Waals surface area contributed by atoms with Gasteiger partial charge >= 0.3 is 0 Å². The standard InChI is InChI=1S/C16H20N2O2/c1-17-12-13-11-15(19-2)6-7-16(13)20-10-8-14-5-3-4-9-18-14/h3-7,9,11,17H,8,10,12H2,1-2H3. The lowest BCUT2D eigenvalue weighted by Gasteiger charge is -2.12. The maximum atomic E-state index is 5.86.